The SMILES string of the molecule is COCC(=O)NCCC(c1cccc(Cl)c1)N1CCC2(CCN(Cc3ccc(S(C)(=O)=O)cc3)C2=O)CC1.Cl. The molecular weight excluding hydrogens is 561 g/mol. The molecule has 0 bridgehead atoms. The second-order valence-corrected chi connectivity index (χ2v) is 12.8. The molecule has 8 nitrogen and oxygen atoms in total. The molecular formula is C28H37Cl2N3O5S. The minimum atomic E-state index is -3.25. The molecule has 0 aromatic heterocycles. The summed E-state index contributed by atoms with van der Waals surface area (Å²) in [6, 6.07) is 14.7. The Balaban J connectivity index is 0.00000420. The number of piperidine rings is 1. The summed E-state index contributed by atoms with van der Waals surface area (Å²) >= 11 is 6.30. The molecule has 2 aliphatic rings. The molecule has 2 aromatic rings. The van der Waals surface area contributed by atoms with Crippen LogP contribution in [-0.2, 0) is 30.7 Å². The van der Waals surface area contributed by atoms with Crippen molar-refractivity contribution in [2.75, 3.05) is 46.2 Å². The van der Waals surface area contributed by atoms with E-state index in [1.54, 1.807) is 24.3 Å². The van der Waals surface area contributed by atoms with Gasteiger partial charge in [-0.25, -0.2) is 8.42 Å². The minimum absolute atomic E-state index is 0. The fourth-order valence-corrected chi connectivity index (χ4v) is 6.47. The molecule has 1 spiro atoms. The third-order valence-corrected chi connectivity index (χ3v) is 9.13. The number of rotatable bonds is 10. The van der Waals surface area contributed by atoms with Gasteiger partial charge in [0.05, 0.1) is 10.3 Å². The molecule has 2 aromatic carbocycles. The summed E-state index contributed by atoms with van der Waals surface area (Å²) < 4.78 is 28.4. The molecule has 2 fully saturated rings. The Morgan fingerprint density at radius 1 is 1.10 bits per heavy atom. The average Bonchev–Trinajstić information content (AvgIpc) is 3.17. The number of benzene rings is 2. The summed E-state index contributed by atoms with van der Waals surface area (Å²) in [5.41, 5.74) is 1.68. The topological polar surface area (TPSA) is 96.0 Å². The van der Waals surface area contributed by atoms with E-state index >= 15 is 0 Å². The Hall–Kier alpha value is -2.17. The van der Waals surface area contributed by atoms with Gasteiger partial charge in [-0.2, -0.15) is 0 Å². The monoisotopic (exact) mass is 597 g/mol. The predicted molar refractivity (Wildman–Crippen MR) is 154 cm³/mol. The van der Waals surface area contributed by atoms with Crippen LogP contribution in [0.25, 0.3) is 0 Å². The summed E-state index contributed by atoms with van der Waals surface area (Å²) in [6.07, 6.45) is 4.31. The third kappa shape index (κ3) is 7.73. The van der Waals surface area contributed by atoms with Crippen LogP contribution in [0.4, 0.5) is 0 Å². The Bertz CT molecular complexity index is 1250. The molecule has 4 rings (SSSR count). The van der Waals surface area contributed by atoms with Gasteiger partial charge in [-0.1, -0.05) is 35.9 Å². The van der Waals surface area contributed by atoms with Gasteiger partial charge in [-0.15, -0.1) is 12.4 Å². The fourth-order valence-electron chi connectivity index (χ4n) is 5.64. The Morgan fingerprint density at radius 2 is 1.77 bits per heavy atom. The third-order valence-electron chi connectivity index (χ3n) is 7.77. The summed E-state index contributed by atoms with van der Waals surface area (Å²) in [6.45, 7) is 3.31. The van der Waals surface area contributed by atoms with Crippen LogP contribution < -0.4 is 5.32 Å². The molecule has 1 atom stereocenters. The van der Waals surface area contributed by atoms with Crippen LogP contribution in [0, 0.1) is 5.41 Å². The maximum absolute atomic E-state index is 13.5. The lowest BCUT2D eigenvalue weighted by atomic mass is 9.76. The number of sulfone groups is 1. The summed E-state index contributed by atoms with van der Waals surface area (Å²) in [5, 5.41) is 3.59. The number of ether oxygens (including phenoxy) is 1. The molecule has 2 amide bonds. The van der Waals surface area contributed by atoms with E-state index in [0.717, 1.165) is 49.9 Å². The number of amides is 2. The number of hydrogen-bond donors (Lipinski definition) is 1. The molecule has 11 heteroatoms. The second-order valence-electron chi connectivity index (χ2n) is 10.4. The first-order valence-electron chi connectivity index (χ1n) is 12.9. The molecule has 1 N–H and O–H groups in total. The van der Waals surface area contributed by atoms with E-state index in [4.69, 9.17) is 16.3 Å². The molecule has 1 unspecified atom stereocenters. The normalized spacial score (nSPS) is 18.1. The number of nitrogens with one attached hydrogen (secondary N) is 1. The van der Waals surface area contributed by atoms with Crippen molar-refractivity contribution < 1.29 is 22.7 Å². The van der Waals surface area contributed by atoms with Crippen LogP contribution in [0.2, 0.25) is 5.02 Å². The van der Waals surface area contributed by atoms with Crippen LogP contribution >= 0.6 is 24.0 Å². The van der Waals surface area contributed by atoms with Crippen LogP contribution in [0.5, 0.6) is 0 Å². The van der Waals surface area contributed by atoms with E-state index in [-0.39, 0.29) is 47.2 Å². The van der Waals surface area contributed by atoms with Gasteiger partial charge in [0.15, 0.2) is 9.84 Å². The van der Waals surface area contributed by atoms with E-state index in [9.17, 15) is 18.0 Å². The van der Waals surface area contributed by atoms with Crippen LogP contribution in [0.1, 0.15) is 42.9 Å². The minimum Gasteiger partial charge on any atom is -0.375 e. The van der Waals surface area contributed by atoms with Gasteiger partial charge in [0.2, 0.25) is 11.8 Å². The van der Waals surface area contributed by atoms with E-state index in [2.05, 4.69) is 16.3 Å². The van der Waals surface area contributed by atoms with Gasteiger partial charge in [0.1, 0.15) is 6.61 Å². The maximum atomic E-state index is 13.5. The molecule has 0 radical (unpaired) electrons. The lowest BCUT2D eigenvalue weighted by molar-refractivity contribution is -0.139. The van der Waals surface area contributed by atoms with Gasteiger partial charge in [0, 0.05) is 44.1 Å². The van der Waals surface area contributed by atoms with Gasteiger partial charge >= 0.3 is 0 Å². The van der Waals surface area contributed by atoms with Crippen LogP contribution in [0.3, 0.4) is 0 Å². The fraction of sp³-hybridized carbons (Fsp3) is 0.500. The highest BCUT2D eigenvalue weighted by Crippen LogP contribution is 2.44. The highest BCUT2D eigenvalue weighted by molar-refractivity contribution is 7.90. The number of carbonyl (C=O) groups is 2. The Morgan fingerprint density at radius 3 is 2.38 bits per heavy atom. The molecule has 39 heavy (non-hydrogen) atoms. The second kappa shape index (κ2) is 13.5. The number of nitrogens with zero attached hydrogens (tertiary/aromatic N) is 2. The van der Waals surface area contributed by atoms with Crippen molar-refractivity contribution in [2.45, 2.75) is 43.2 Å². The highest BCUT2D eigenvalue weighted by atomic mass is 35.5. The summed E-state index contributed by atoms with van der Waals surface area (Å²) in [5.74, 6) is 0.0491. The molecule has 2 heterocycles. The van der Waals surface area contributed by atoms with Crippen LogP contribution in [-0.4, -0.2) is 76.2 Å². The van der Waals surface area contributed by atoms with E-state index in [1.165, 1.54) is 13.4 Å². The zero-order valence-electron chi connectivity index (χ0n) is 22.4. The van der Waals surface area contributed by atoms with Gasteiger partial charge in [0.25, 0.3) is 0 Å². The van der Waals surface area contributed by atoms with Crippen molar-refractivity contribution in [1.82, 2.24) is 15.1 Å². The maximum Gasteiger partial charge on any atom is 0.245 e. The first-order chi connectivity index (χ1) is 18.1. The van der Waals surface area contributed by atoms with Gasteiger partial charge in [-0.3, -0.25) is 14.5 Å². The molecule has 2 aliphatic heterocycles. The number of hydrogen-bond acceptors (Lipinski definition) is 6. The van der Waals surface area contributed by atoms with Crippen molar-refractivity contribution in [3.05, 3.63) is 64.7 Å². The van der Waals surface area contributed by atoms with Crippen molar-refractivity contribution >= 4 is 45.7 Å². The average molecular weight is 599 g/mol. The Labute approximate surface area is 242 Å². The number of likely N-dealkylation sites (tertiary alicyclic amines) is 2. The predicted octanol–water partition coefficient (Wildman–Crippen LogP) is 3.87. The number of methoxy groups -OCH3 is 1. The molecule has 2 saturated heterocycles. The molecule has 0 saturated carbocycles. The summed E-state index contributed by atoms with van der Waals surface area (Å²) in [4.78, 5) is 30.0. The van der Waals surface area contributed by atoms with Gasteiger partial charge in [-0.05, 0) is 74.2 Å². The number of carbonyl (C=O) groups excluding carboxylic acids is 2. The highest BCUT2D eigenvalue weighted by Gasteiger charge is 2.48. The standard InChI is InChI=1S/C28H36ClN3O5S.ClH/c1-37-20-26(33)30-14-10-25(22-4-3-5-23(29)18-22)31-15-11-28(12-16-31)13-17-32(27(28)34)19-21-6-8-24(9-7-21)38(2,35)36;/h3-9,18,25H,10-17,19-20H2,1-2H3,(H,30,33);1H. The lowest BCUT2D eigenvalue weighted by Gasteiger charge is -2.42. The summed E-state index contributed by atoms with van der Waals surface area (Å²) in [7, 11) is -1.75. The van der Waals surface area contributed by atoms with E-state index in [0.29, 0.717) is 24.7 Å². The van der Waals surface area contributed by atoms with Crippen molar-refractivity contribution in [2.24, 2.45) is 5.41 Å². The quantitative estimate of drug-likeness (QED) is 0.446. The van der Waals surface area contributed by atoms with Gasteiger partial charge < -0.3 is 15.0 Å². The van der Waals surface area contributed by atoms with Crippen molar-refractivity contribution in [1.29, 1.82) is 0 Å². The van der Waals surface area contributed by atoms with E-state index < -0.39 is 9.84 Å². The smallest absolute Gasteiger partial charge is 0.245 e. The van der Waals surface area contributed by atoms with Crippen molar-refractivity contribution in [3.8, 4) is 0 Å². The lowest BCUT2D eigenvalue weighted by Crippen LogP contribution is -2.46. The first kappa shape index (κ1) is 31.4. The van der Waals surface area contributed by atoms with Crippen LogP contribution in [0.15, 0.2) is 53.4 Å². The zero-order valence-corrected chi connectivity index (χ0v) is 24.8. The largest absolute Gasteiger partial charge is 0.375 e. The number of halogens is 2. The van der Waals surface area contributed by atoms with Crippen molar-refractivity contribution in [3.63, 3.8) is 0 Å². The zero-order chi connectivity index (χ0) is 27.3. The molecule has 214 valence electrons. The first-order valence-corrected chi connectivity index (χ1v) is 15.2. The van der Waals surface area contributed by atoms with E-state index in [1.807, 2.05) is 23.1 Å². The Kier molecular flexibility index (Phi) is 10.8. The molecule has 0 aliphatic carbocycles.